The molecule has 0 aliphatic carbocycles. The quantitative estimate of drug-likeness (QED) is 0.259. The number of pyridine rings is 1. The number of ether oxygens (including phenoxy) is 1. The molecule has 0 atom stereocenters. The number of aryl methyl sites for hydroxylation is 1. The molecule has 3 aromatic carbocycles. The monoisotopic (exact) mass is 593 g/mol. The van der Waals surface area contributed by atoms with Gasteiger partial charge in [-0.3, -0.25) is 19.2 Å². The van der Waals surface area contributed by atoms with Gasteiger partial charge in [-0.05, 0) is 60.5 Å². The second kappa shape index (κ2) is 13.4. The van der Waals surface area contributed by atoms with Gasteiger partial charge in [-0.2, -0.15) is 0 Å². The zero-order chi connectivity index (χ0) is 31.2. The zero-order valence-electron chi connectivity index (χ0n) is 25.0. The summed E-state index contributed by atoms with van der Waals surface area (Å²) in [5.74, 6) is -0.639. The van der Waals surface area contributed by atoms with E-state index in [0.29, 0.717) is 60.2 Å². The molecule has 1 aromatic heterocycles. The van der Waals surface area contributed by atoms with E-state index in [0.717, 1.165) is 16.7 Å². The van der Waals surface area contributed by atoms with Crippen LogP contribution < -0.4 is 21.5 Å². The van der Waals surface area contributed by atoms with Gasteiger partial charge in [0, 0.05) is 55.3 Å². The molecule has 0 bridgehead atoms. The van der Waals surface area contributed by atoms with E-state index >= 15 is 0 Å². The molecule has 0 spiro atoms. The second-order valence-corrected chi connectivity index (χ2v) is 10.5. The van der Waals surface area contributed by atoms with E-state index in [-0.39, 0.29) is 29.7 Å². The fourth-order valence-electron chi connectivity index (χ4n) is 5.06. The number of aromatic nitrogens is 1. The number of rotatable bonds is 8. The number of anilines is 4. The minimum Gasteiger partial charge on any atom is -0.378 e. The number of carbonyl (C=O) groups is 3. The first-order valence-electron chi connectivity index (χ1n) is 14.5. The van der Waals surface area contributed by atoms with Crippen LogP contribution >= 0.6 is 0 Å². The average Bonchev–Trinajstić information content (AvgIpc) is 3.04. The normalized spacial score (nSPS) is 12.8. The maximum absolute atomic E-state index is 13.3. The van der Waals surface area contributed by atoms with Gasteiger partial charge in [0.1, 0.15) is 5.69 Å². The van der Waals surface area contributed by atoms with Gasteiger partial charge in [0.05, 0.1) is 24.5 Å². The molecule has 1 saturated heterocycles. The van der Waals surface area contributed by atoms with Gasteiger partial charge >= 0.3 is 0 Å². The number of carbonyl (C=O) groups excluding carboxylic acids is 3. The SMILES string of the molecule is CCC(=O)Nc1cc(Nc2cc(-c3cccc(NC(=O)c4ccccc4)c3C)cn(C)c2=O)ccc1C(=O)N1CCOCC1. The number of benzene rings is 3. The van der Waals surface area contributed by atoms with Crippen LogP contribution in [0.4, 0.5) is 22.7 Å². The molecule has 44 heavy (non-hydrogen) atoms. The molecule has 0 saturated carbocycles. The molecule has 3 amide bonds. The fourth-order valence-corrected chi connectivity index (χ4v) is 5.06. The van der Waals surface area contributed by atoms with E-state index in [1.54, 1.807) is 61.5 Å². The third kappa shape index (κ3) is 6.71. The Morgan fingerprint density at radius 2 is 1.61 bits per heavy atom. The van der Waals surface area contributed by atoms with Gasteiger partial charge in [0.15, 0.2) is 0 Å². The summed E-state index contributed by atoms with van der Waals surface area (Å²) >= 11 is 0. The lowest BCUT2D eigenvalue weighted by atomic mass is 9.99. The van der Waals surface area contributed by atoms with E-state index in [9.17, 15) is 19.2 Å². The summed E-state index contributed by atoms with van der Waals surface area (Å²) in [6.07, 6.45) is 1.99. The molecule has 226 valence electrons. The Morgan fingerprint density at radius 1 is 0.864 bits per heavy atom. The lowest BCUT2D eigenvalue weighted by Gasteiger charge is -2.27. The topological polar surface area (TPSA) is 122 Å². The van der Waals surface area contributed by atoms with Gasteiger partial charge in [-0.25, -0.2) is 0 Å². The van der Waals surface area contributed by atoms with Crippen molar-refractivity contribution in [3.05, 3.63) is 106 Å². The Bertz CT molecular complexity index is 1760. The number of hydrogen-bond acceptors (Lipinski definition) is 6. The first-order valence-corrected chi connectivity index (χ1v) is 14.5. The summed E-state index contributed by atoms with van der Waals surface area (Å²) in [6.45, 7) is 5.52. The van der Waals surface area contributed by atoms with Crippen LogP contribution in [0.5, 0.6) is 0 Å². The summed E-state index contributed by atoms with van der Waals surface area (Å²) in [5.41, 5.74) is 4.99. The second-order valence-electron chi connectivity index (χ2n) is 10.5. The lowest BCUT2D eigenvalue weighted by Crippen LogP contribution is -2.41. The van der Waals surface area contributed by atoms with Crippen molar-refractivity contribution in [1.82, 2.24) is 9.47 Å². The minimum absolute atomic E-state index is 0.195. The highest BCUT2D eigenvalue weighted by atomic mass is 16.5. The number of nitrogens with one attached hydrogen (secondary N) is 3. The third-order valence-corrected chi connectivity index (χ3v) is 7.53. The summed E-state index contributed by atoms with van der Waals surface area (Å²) in [5, 5.41) is 9.01. The fraction of sp³-hybridized carbons (Fsp3) is 0.235. The van der Waals surface area contributed by atoms with Crippen LogP contribution in [0, 0.1) is 6.92 Å². The van der Waals surface area contributed by atoms with E-state index in [1.165, 1.54) is 4.57 Å². The number of nitrogens with zero attached hydrogens (tertiary/aromatic N) is 2. The van der Waals surface area contributed by atoms with E-state index in [4.69, 9.17) is 4.74 Å². The Morgan fingerprint density at radius 3 is 2.34 bits per heavy atom. The van der Waals surface area contributed by atoms with Crippen LogP contribution in [0.3, 0.4) is 0 Å². The van der Waals surface area contributed by atoms with Crippen molar-refractivity contribution in [2.75, 3.05) is 42.3 Å². The standard InChI is InChI=1S/C34H35N5O5/c1-4-31(40)36-29-20-25(13-14-27(29)33(42)39-15-17-44-18-16-39)35-30-19-24(21-38(3)34(30)43)26-11-8-12-28(22(26)2)37-32(41)23-9-6-5-7-10-23/h5-14,19-21,35H,4,15-18H2,1-3H3,(H,36,40)(H,37,41). The van der Waals surface area contributed by atoms with Crippen molar-refractivity contribution in [1.29, 1.82) is 0 Å². The van der Waals surface area contributed by atoms with E-state index in [1.807, 2.05) is 43.3 Å². The number of hydrogen-bond donors (Lipinski definition) is 3. The molecule has 1 aliphatic rings. The minimum atomic E-state index is -0.257. The molecular formula is C34H35N5O5. The Balaban J connectivity index is 1.45. The van der Waals surface area contributed by atoms with Crippen molar-refractivity contribution in [3.63, 3.8) is 0 Å². The predicted molar refractivity (Wildman–Crippen MR) is 172 cm³/mol. The van der Waals surface area contributed by atoms with Crippen LogP contribution in [0.25, 0.3) is 11.1 Å². The lowest BCUT2D eigenvalue weighted by molar-refractivity contribution is -0.115. The van der Waals surface area contributed by atoms with Gasteiger partial charge in [0.2, 0.25) is 5.91 Å². The molecule has 0 unspecified atom stereocenters. The van der Waals surface area contributed by atoms with Crippen molar-refractivity contribution in [3.8, 4) is 11.1 Å². The average molecular weight is 594 g/mol. The van der Waals surface area contributed by atoms with E-state index < -0.39 is 0 Å². The van der Waals surface area contributed by atoms with Crippen molar-refractivity contribution >= 4 is 40.5 Å². The maximum Gasteiger partial charge on any atom is 0.274 e. The molecule has 1 aliphatic heterocycles. The summed E-state index contributed by atoms with van der Waals surface area (Å²) in [6, 6.07) is 21.4. The van der Waals surface area contributed by atoms with Gasteiger partial charge in [-0.1, -0.05) is 37.3 Å². The van der Waals surface area contributed by atoms with Crippen molar-refractivity contribution in [2.45, 2.75) is 20.3 Å². The summed E-state index contributed by atoms with van der Waals surface area (Å²) < 4.78 is 6.86. The van der Waals surface area contributed by atoms with Crippen LogP contribution in [0.2, 0.25) is 0 Å². The van der Waals surface area contributed by atoms with Crippen LogP contribution in [0.15, 0.2) is 83.8 Å². The Kier molecular flexibility index (Phi) is 9.20. The van der Waals surface area contributed by atoms with Gasteiger partial charge < -0.3 is 30.2 Å². The van der Waals surface area contributed by atoms with Crippen molar-refractivity contribution < 1.29 is 19.1 Å². The Hall–Kier alpha value is -5.22. The molecule has 0 radical (unpaired) electrons. The van der Waals surface area contributed by atoms with Gasteiger partial charge in [0.25, 0.3) is 17.4 Å². The molecule has 2 heterocycles. The number of amides is 3. The third-order valence-electron chi connectivity index (χ3n) is 7.53. The molecule has 10 heteroatoms. The molecule has 3 N–H and O–H groups in total. The zero-order valence-corrected chi connectivity index (χ0v) is 25.0. The summed E-state index contributed by atoms with van der Waals surface area (Å²) in [4.78, 5) is 53.4. The maximum atomic E-state index is 13.3. The largest absolute Gasteiger partial charge is 0.378 e. The molecule has 5 rings (SSSR count). The van der Waals surface area contributed by atoms with Crippen LogP contribution in [-0.2, 0) is 16.6 Å². The molecule has 4 aromatic rings. The molecule has 10 nitrogen and oxygen atoms in total. The first kappa shape index (κ1) is 30.2. The number of morpholine rings is 1. The van der Waals surface area contributed by atoms with Crippen LogP contribution in [-0.4, -0.2) is 53.5 Å². The highest BCUT2D eigenvalue weighted by Crippen LogP contribution is 2.31. The van der Waals surface area contributed by atoms with E-state index in [2.05, 4.69) is 16.0 Å². The molecule has 1 fully saturated rings. The first-order chi connectivity index (χ1) is 21.2. The van der Waals surface area contributed by atoms with Gasteiger partial charge in [-0.15, -0.1) is 0 Å². The van der Waals surface area contributed by atoms with Crippen LogP contribution in [0.1, 0.15) is 39.6 Å². The Labute approximate surface area is 255 Å². The highest BCUT2D eigenvalue weighted by molar-refractivity contribution is 6.05. The molecular weight excluding hydrogens is 558 g/mol. The summed E-state index contributed by atoms with van der Waals surface area (Å²) in [7, 11) is 1.67. The van der Waals surface area contributed by atoms with Crippen molar-refractivity contribution in [2.24, 2.45) is 7.05 Å². The predicted octanol–water partition coefficient (Wildman–Crippen LogP) is 5.18. The smallest absolute Gasteiger partial charge is 0.274 e. The highest BCUT2D eigenvalue weighted by Gasteiger charge is 2.22.